The highest BCUT2D eigenvalue weighted by atomic mass is 16.7. The predicted octanol–water partition coefficient (Wildman–Crippen LogP) is 10.1. The molecule has 8 atom stereocenters. The van der Waals surface area contributed by atoms with Gasteiger partial charge in [0.05, 0.1) is 25.4 Å². The van der Waals surface area contributed by atoms with E-state index in [9.17, 15) is 35.4 Å². The minimum Gasteiger partial charge on any atom is -0.394 e. The lowest BCUT2D eigenvalue weighted by molar-refractivity contribution is -0.303. The predicted molar refractivity (Wildman–Crippen MR) is 241 cm³/mol. The molecule has 59 heavy (non-hydrogen) atoms. The average molecular weight is 844 g/mol. The van der Waals surface area contributed by atoms with Gasteiger partial charge >= 0.3 is 0 Å². The van der Waals surface area contributed by atoms with Crippen molar-refractivity contribution in [3.05, 3.63) is 0 Å². The van der Waals surface area contributed by atoms with Crippen molar-refractivity contribution in [1.82, 2.24) is 5.32 Å². The second kappa shape index (κ2) is 40.0. The smallest absolute Gasteiger partial charge is 0.220 e. The standard InChI is InChI=1S/C49H97NO9/c1-3-5-7-9-11-13-15-17-18-19-20-21-22-23-24-25-26-28-30-32-34-36-38-44(53)50-41(40-58-49-48(57)47(56)46(55)43(39-51)59-49)45(54)42(52)37-35-33-31-29-27-16-14-12-10-8-6-4-2/h41-43,45-49,51-52,54-57H,3-40H2,1-2H3,(H,50,53)/t41-,42+,43+,45-,46-,47-,48+,49-/m0/s1. The Labute approximate surface area is 362 Å². The van der Waals surface area contributed by atoms with Gasteiger partial charge in [-0.15, -0.1) is 0 Å². The van der Waals surface area contributed by atoms with E-state index in [0.29, 0.717) is 6.42 Å². The van der Waals surface area contributed by atoms with Crippen molar-refractivity contribution >= 4 is 5.91 Å². The zero-order valence-corrected chi connectivity index (χ0v) is 38.4. The molecular formula is C49H97NO9. The third kappa shape index (κ3) is 30.0. The summed E-state index contributed by atoms with van der Waals surface area (Å²) in [5.74, 6) is -0.253. The van der Waals surface area contributed by atoms with Crippen LogP contribution in [-0.2, 0) is 14.3 Å². The summed E-state index contributed by atoms with van der Waals surface area (Å²) in [5.41, 5.74) is 0. The lowest BCUT2D eigenvalue weighted by atomic mass is 9.98. The van der Waals surface area contributed by atoms with Gasteiger partial charge in [0.2, 0.25) is 5.91 Å². The fourth-order valence-electron chi connectivity index (χ4n) is 8.44. The van der Waals surface area contributed by atoms with Crippen molar-refractivity contribution in [2.45, 2.75) is 294 Å². The van der Waals surface area contributed by atoms with Crippen molar-refractivity contribution in [3.8, 4) is 0 Å². The van der Waals surface area contributed by atoms with E-state index in [1.54, 1.807) is 0 Å². The summed E-state index contributed by atoms with van der Waals surface area (Å²) in [7, 11) is 0. The Kier molecular flexibility index (Phi) is 38.0. The summed E-state index contributed by atoms with van der Waals surface area (Å²) in [6, 6.07) is -0.984. The molecule has 0 aromatic carbocycles. The van der Waals surface area contributed by atoms with Crippen LogP contribution >= 0.6 is 0 Å². The van der Waals surface area contributed by atoms with Crippen LogP contribution < -0.4 is 5.32 Å². The molecule has 0 bridgehead atoms. The van der Waals surface area contributed by atoms with Gasteiger partial charge in [0.15, 0.2) is 6.29 Å². The summed E-state index contributed by atoms with van der Waals surface area (Å²) >= 11 is 0. The van der Waals surface area contributed by atoms with Crippen LogP contribution in [0.15, 0.2) is 0 Å². The highest BCUT2D eigenvalue weighted by Crippen LogP contribution is 2.23. The Hall–Kier alpha value is -0.850. The first-order valence-corrected chi connectivity index (χ1v) is 25.3. The van der Waals surface area contributed by atoms with E-state index in [0.717, 1.165) is 38.5 Å². The van der Waals surface area contributed by atoms with Gasteiger partial charge in [0.1, 0.15) is 30.5 Å². The lowest BCUT2D eigenvalue weighted by Crippen LogP contribution is -2.60. The molecule has 1 fully saturated rings. The summed E-state index contributed by atoms with van der Waals surface area (Å²) < 4.78 is 11.2. The van der Waals surface area contributed by atoms with Gasteiger partial charge in [-0.05, 0) is 12.8 Å². The van der Waals surface area contributed by atoms with Gasteiger partial charge in [-0.3, -0.25) is 4.79 Å². The van der Waals surface area contributed by atoms with Gasteiger partial charge < -0.3 is 45.4 Å². The molecule has 1 saturated heterocycles. The van der Waals surface area contributed by atoms with Crippen LogP contribution in [0, 0.1) is 0 Å². The number of aliphatic hydroxyl groups is 6. The second-order valence-corrected chi connectivity index (χ2v) is 18.1. The number of aliphatic hydroxyl groups excluding tert-OH is 6. The molecule has 1 aliphatic heterocycles. The van der Waals surface area contributed by atoms with Crippen LogP contribution in [0.1, 0.15) is 245 Å². The van der Waals surface area contributed by atoms with Crippen LogP contribution in [-0.4, -0.2) is 98.7 Å². The molecule has 0 aromatic heterocycles. The molecule has 0 aliphatic carbocycles. The molecule has 0 unspecified atom stereocenters. The Morgan fingerprint density at radius 1 is 0.525 bits per heavy atom. The summed E-state index contributed by atoms with van der Waals surface area (Å²) in [5, 5.41) is 65.2. The third-order valence-corrected chi connectivity index (χ3v) is 12.6. The molecule has 1 aliphatic rings. The summed E-state index contributed by atoms with van der Waals surface area (Å²) in [4.78, 5) is 13.0. The molecule has 7 N–H and O–H groups in total. The molecule has 1 rings (SSSR count). The van der Waals surface area contributed by atoms with Crippen molar-refractivity contribution in [2.75, 3.05) is 13.2 Å². The normalized spacial score (nSPS) is 21.1. The maximum atomic E-state index is 13.0. The van der Waals surface area contributed by atoms with Crippen LogP contribution in [0.25, 0.3) is 0 Å². The highest BCUT2D eigenvalue weighted by Gasteiger charge is 2.44. The number of amides is 1. The highest BCUT2D eigenvalue weighted by molar-refractivity contribution is 5.76. The number of hydrogen-bond donors (Lipinski definition) is 7. The molecule has 0 spiro atoms. The van der Waals surface area contributed by atoms with E-state index in [1.807, 2.05) is 0 Å². The summed E-state index contributed by atoms with van der Waals surface area (Å²) in [6.07, 6.45) is 34.0. The quantitative estimate of drug-likeness (QED) is 0.0296. The Bertz CT molecular complexity index is 911. The number of nitrogens with one attached hydrogen (secondary N) is 1. The molecule has 0 radical (unpaired) electrons. The molecule has 0 aromatic rings. The number of ether oxygens (including phenoxy) is 2. The Balaban J connectivity index is 2.28. The van der Waals surface area contributed by atoms with Gasteiger partial charge in [-0.25, -0.2) is 0 Å². The molecule has 1 heterocycles. The molecule has 10 nitrogen and oxygen atoms in total. The van der Waals surface area contributed by atoms with E-state index in [1.165, 1.54) is 180 Å². The van der Waals surface area contributed by atoms with Crippen molar-refractivity contribution in [3.63, 3.8) is 0 Å². The van der Waals surface area contributed by atoms with Crippen molar-refractivity contribution in [1.29, 1.82) is 0 Å². The Morgan fingerprint density at radius 3 is 1.25 bits per heavy atom. The number of carbonyl (C=O) groups excluding carboxylic acids is 1. The SMILES string of the molecule is CCCCCCCCCCCCCCCCCCCCCCCCC(=O)N[C@@H](CO[C@H]1O[C@H](CO)[C@H](O)[C@H](O)[C@H]1O)[C@H](O)[C@H](O)CCCCCCCCCCCCCC. The topological polar surface area (TPSA) is 169 Å². The third-order valence-electron chi connectivity index (χ3n) is 12.6. The molecular weight excluding hydrogens is 747 g/mol. The van der Waals surface area contributed by atoms with Crippen LogP contribution in [0.5, 0.6) is 0 Å². The van der Waals surface area contributed by atoms with Gasteiger partial charge in [-0.1, -0.05) is 226 Å². The second-order valence-electron chi connectivity index (χ2n) is 18.1. The first-order chi connectivity index (χ1) is 28.8. The minimum atomic E-state index is -1.60. The molecule has 352 valence electrons. The Morgan fingerprint density at radius 2 is 0.881 bits per heavy atom. The number of unbranched alkanes of at least 4 members (excludes halogenated alkanes) is 32. The zero-order chi connectivity index (χ0) is 43.2. The maximum absolute atomic E-state index is 13.0. The number of hydrogen-bond acceptors (Lipinski definition) is 9. The van der Waals surface area contributed by atoms with E-state index in [-0.39, 0.29) is 18.9 Å². The average Bonchev–Trinajstić information content (AvgIpc) is 3.23. The van der Waals surface area contributed by atoms with E-state index in [2.05, 4.69) is 19.2 Å². The first kappa shape index (κ1) is 56.2. The summed E-state index contributed by atoms with van der Waals surface area (Å²) in [6.45, 7) is 3.63. The van der Waals surface area contributed by atoms with Crippen molar-refractivity contribution in [2.24, 2.45) is 0 Å². The zero-order valence-electron chi connectivity index (χ0n) is 38.4. The van der Waals surface area contributed by atoms with E-state index < -0.39 is 55.6 Å². The first-order valence-electron chi connectivity index (χ1n) is 25.3. The largest absolute Gasteiger partial charge is 0.394 e. The molecule has 10 heteroatoms. The van der Waals surface area contributed by atoms with Crippen molar-refractivity contribution < 1.29 is 44.9 Å². The maximum Gasteiger partial charge on any atom is 0.220 e. The van der Waals surface area contributed by atoms with Gasteiger partial charge in [0.25, 0.3) is 0 Å². The van der Waals surface area contributed by atoms with Crippen LogP contribution in [0.4, 0.5) is 0 Å². The van der Waals surface area contributed by atoms with E-state index >= 15 is 0 Å². The van der Waals surface area contributed by atoms with Gasteiger partial charge in [0, 0.05) is 6.42 Å². The number of rotatable bonds is 43. The van der Waals surface area contributed by atoms with Crippen LogP contribution in [0.2, 0.25) is 0 Å². The monoisotopic (exact) mass is 844 g/mol. The van der Waals surface area contributed by atoms with Gasteiger partial charge in [-0.2, -0.15) is 0 Å². The lowest BCUT2D eigenvalue weighted by Gasteiger charge is -2.40. The minimum absolute atomic E-state index is 0.253. The van der Waals surface area contributed by atoms with E-state index in [4.69, 9.17) is 9.47 Å². The fraction of sp³-hybridized carbons (Fsp3) is 0.980. The van der Waals surface area contributed by atoms with Crippen LogP contribution in [0.3, 0.4) is 0 Å². The molecule has 1 amide bonds. The number of carbonyl (C=O) groups is 1. The fourth-order valence-corrected chi connectivity index (χ4v) is 8.44. The molecule has 0 saturated carbocycles.